The van der Waals surface area contributed by atoms with E-state index in [1.165, 1.54) is 27.8 Å². The molecule has 0 aliphatic rings. The van der Waals surface area contributed by atoms with Gasteiger partial charge >= 0.3 is 0 Å². The van der Waals surface area contributed by atoms with E-state index in [-0.39, 0.29) is 0 Å². The maximum absolute atomic E-state index is 2.29. The van der Waals surface area contributed by atoms with Gasteiger partial charge in [0, 0.05) is 23.1 Å². The monoisotopic (exact) mass is 389 g/mol. The molecule has 0 aliphatic carbocycles. The van der Waals surface area contributed by atoms with Crippen molar-refractivity contribution in [3.63, 3.8) is 0 Å². The standard InChI is InChI=1S/C29H27N/c1-3-24-16-20-28(21-17-24)30(27-18-14-23(2)15-19-27)22-29(25-10-6-4-7-11-25)26-12-8-5-9-13-26/h4-22H,3H2,1-2H3. The van der Waals surface area contributed by atoms with Crippen LogP contribution >= 0.6 is 0 Å². The van der Waals surface area contributed by atoms with E-state index in [1.54, 1.807) is 0 Å². The van der Waals surface area contributed by atoms with Crippen molar-refractivity contribution >= 4 is 16.9 Å². The first-order valence-electron chi connectivity index (χ1n) is 10.5. The average Bonchev–Trinajstić information content (AvgIpc) is 2.82. The molecule has 0 unspecified atom stereocenters. The minimum Gasteiger partial charge on any atom is -0.317 e. The molecule has 0 spiro atoms. The van der Waals surface area contributed by atoms with Gasteiger partial charge in [0.15, 0.2) is 0 Å². The summed E-state index contributed by atoms with van der Waals surface area (Å²) in [6.45, 7) is 4.31. The van der Waals surface area contributed by atoms with Crippen molar-refractivity contribution in [1.29, 1.82) is 0 Å². The third-order valence-corrected chi connectivity index (χ3v) is 5.36. The van der Waals surface area contributed by atoms with E-state index in [1.807, 2.05) is 0 Å². The van der Waals surface area contributed by atoms with Crippen LogP contribution in [0, 0.1) is 6.92 Å². The van der Waals surface area contributed by atoms with Crippen LogP contribution in [0.15, 0.2) is 115 Å². The molecule has 0 bridgehead atoms. The van der Waals surface area contributed by atoms with E-state index in [0.29, 0.717) is 0 Å². The lowest BCUT2D eigenvalue weighted by Crippen LogP contribution is -2.10. The van der Waals surface area contributed by atoms with Gasteiger partial charge in [0.2, 0.25) is 0 Å². The summed E-state index contributed by atoms with van der Waals surface area (Å²) in [5.74, 6) is 0. The zero-order valence-electron chi connectivity index (χ0n) is 17.6. The minimum atomic E-state index is 1.04. The second kappa shape index (κ2) is 9.28. The van der Waals surface area contributed by atoms with Gasteiger partial charge in [-0.3, -0.25) is 0 Å². The second-order valence-corrected chi connectivity index (χ2v) is 7.50. The maximum Gasteiger partial charge on any atom is 0.0455 e. The zero-order valence-corrected chi connectivity index (χ0v) is 17.6. The molecular weight excluding hydrogens is 362 g/mol. The first kappa shape index (κ1) is 19.7. The molecule has 30 heavy (non-hydrogen) atoms. The number of rotatable bonds is 6. The summed E-state index contributed by atoms with van der Waals surface area (Å²) in [4.78, 5) is 2.29. The average molecular weight is 390 g/mol. The van der Waals surface area contributed by atoms with E-state index in [9.17, 15) is 0 Å². The number of nitrogens with zero attached hydrogens (tertiary/aromatic N) is 1. The van der Waals surface area contributed by atoms with Crippen molar-refractivity contribution in [2.45, 2.75) is 20.3 Å². The Bertz CT molecular complexity index is 1050. The normalized spacial score (nSPS) is 10.5. The first-order valence-corrected chi connectivity index (χ1v) is 10.5. The van der Waals surface area contributed by atoms with Crippen LogP contribution in [0.5, 0.6) is 0 Å². The van der Waals surface area contributed by atoms with Crippen LogP contribution in [0.1, 0.15) is 29.2 Å². The van der Waals surface area contributed by atoms with Gasteiger partial charge in [0.05, 0.1) is 0 Å². The van der Waals surface area contributed by atoms with Gasteiger partial charge in [-0.1, -0.05) is 97.4 Å². The number of hydrogen-bond donors (Lipinski definition) is 0. The molecule has 4 aromatic rings. The third kappa shape index (κ3) is 4.52. The topological polar surface area (TPSA) is 3.24 Å². The van der Waals surface area contributed by atoms with E-state index in [2.05, 4.69) is 134 Å². The van der Waals surface area contributed by atoms with Crippen molar-refractivity contribution in [1.82, 2.24) is 0 Å². The third-order valence-electron chi connectivity index (χ3n) is 5.36. The van der Waals surface area contributed by atoms with Crippen LogP contribution in [0.3, 0.4) is 0 Å². The summed E-state index contributed by atoms with van der Waals surface area (Å²) in [6.07, 6.45) is 3.30. The fraction of sp³-hybridized carbons (Fsp3) is 0.103. The van der Waals surface area contributed by atoms with Crippen molar-refractivity contribution in [2.75, 3.05) is 4.90 Å². The summed E-state index contributed by atoms with van der Waals surface area (Å²) in [5, 5.41) is 0. The lowest BCUT2D eigenvalue weighted by atomic mass is 9.98. The molecule has 0 aromatic heterocycles. The van der Waals surface area contributed by atoms with Crippen LogP contribution in [0.25, 0.3) is 5.57 Å². The highest BCUT2D eigenvalue weighted by Crippen LogP contribution is 2.31. The van der Waals surface area contributed by atoms with E-state index < -0.39 is 0 Å². The summed E-state index contributed by atoms with van der Waals surface area (Å²) in [7, 11) is 0. The van der Waals surface area contributed by atoms with Crippen molar-refractivity contribution in [2.24, 2.45) is 0 Å². The Hall–Kier alpha value is -3.58. The lowest BCUT2D eigenvalue weighted by molar-refractivity contribution is 1.14. The van der Waals surface area contributed by atoms with Crippen LogP contribution in [0.4, 0.5) is 11.4 Å². The molecule has 4 rings (SSSR count). The SMILES string of the molecule is CCc1ccc(N(C=C(c2ccccc2)c2ccccc2)c2ccc(C)cc2)cc1. The fourth-order valence-electron chi connectivity index (χ4n) is 3.58. The van der Waals surface area contributed by atoms with Crippen LogP contribution in [-0.4, -0.2) is 0 Å². The smallest absolute Gasteiger partial charge is 0.0455 e. The maximum atomic E-state index is 2.29. The molecule has 1 nitrogen and oxygen atoms in total. The minimum absolute atomic E-state index is 1.04. The Morgan fingerprint density at radius 3 is 1.57 bits per heavy atom. The van der Waals surface area contributed by atoms with E-state index >= 15 is 0 Å². The van der Waals surface area contributed by atoms with Gasteiger partial charge in [0.1, 0.15) is 0 Å². The molecule has 0 radical (unpaired) electrons. The molecule has 0 aliphatic heterocycles. The quantitative estimate of drug-likeness (QED) is 0.325. The molecule has 0 heterocycles. The highest BCUT2D eigenvalue weighted by atomic mass is 15.1. The van der Waals surface area contributed by atoms with Crippen molar-refractivity contribution < 1.29 is 0 Å². The molecule has 4 aromatic carbocycles. The summed E-state index contributed by atoms with van der Waals surface area (Å²) in [5.41, 5.74) is 8.50. The summed E-state index contributed by atoms with van der Waals surface area (Å²) >= 11 is 0. The molecule has 0 N–H and O–H groups in total. The number of hydrogen-bond acceptors (Lipinski definition) is 1. The Morgan fingerprint density at radius 2 is 1.10 bits per heavy atom. The molecule has 0 saturated heterocycles. The van der Waals surface area contributed by atoms with E-state index in [4.69, 9.17) is 0 Å². The van der Waals surface area contributed by atoms with Crippen molar-refractivity contribution in [3.8, 4) is 0 Å². The molecule has 0 fully saturated rings. The van der Waals surface area contributed by atoms with Crippen LogP contribution in [0.2, 0.25) is 0 Å². The highest BCUT2D eigenvalue weighted by molar-refractivity contribution is 5.83. The molecule has 0 atom stereocenters. The van der Waals surface area contributed by atoms with Crippen LogP contribution < -0.4 is 4.90 Å². The number of anilines is 2. The predicted molar refractivity (Wildman–Crippen MR) is 129 cm³/mol. The van der Waals surface area contributed by atoms with Gasteiger partial charge < -0.3 is 4.90 Å². The van der Waals surface area contributed by atoms with Gasteiger partial charge in [-0.05, 0) is 54.3 Å². The Labute approximate surface area is 179 Å². The summed E-state index contributed by atoms with van der Waals surface area (Å²) in [6, 6.07) is 38.8. The molecular formula is C29H27N. The van der Waals surface area contributed by atoms with Gasteiger partial charge in [0.25, 0.3) is 0 Å². The Balaban J connectivity index is 1.88. The molecule has 148 valence electrons. The zero-order chi connectivity index (χ0) is 20.8. The van der Waals surface area contributed by atoms with Crippen LogP contribution in [-0.2, 0) is 6.42 Å². The highest BCUT2D eigenvalue weighted by Gasteiger charge is 2.12. The van der Waals surface area contributed by atoms with Gasteiger partial charge in [-0.25, -0.2) is 0 Å². The van der Waals surface area contributed by atoms with Gasteiger partial charge in [-0.15, -0.1) is 0 Å². The first-order chi connectivity index (χ1) is 14.7. The Morgan fingerprint density at radius 1 is 0.633 bits per heavy atom. The molecule has 0 amide bonds. The second-order valence-electron chi connectivity index (χ2n) is 7.50. The van der Waals surface area contributed by atoms with Crippen molar-refractivity contribution in [3.05, 3.63) is 138 Å². The lowest BCUT2D eigenvalue weighted by Gasteiger charge is -2.24. The number of benzene rings is 4. The van der Waals surface area contributed by atoms with E-state index in [0.717, 1.165) is 17.8 Å². The largest absolute Gasteiger partial charge is 0.317 e. The fourth-order valence-corrected chi connectivity index (χ4v) is 3.58. The number of aryl methyl sites for hydroxylation is 2. The molecule has 0 saturated carbocycles. The predicted octanol–water partition coefficient (Wildman–Crippen LogP) is 7.78. The molecule has 1 heteroatoms. The summed E-state index contributed by atoms with van der Waals surface area (Å²) < 4.78 is 0. The van der Waals surface area contributed by atoms with Gasteiger partial charge in [-0.2, -0.15) is 0 Å². The Kier molecular flexibility index (Phi) is 6.10.